The quantitative estimate of drug-likeness (QED) is 0.457. The van der Waals surface area contributed by atoms with Crippen LogP contribution in [0.1, 0.15) is 0 Å². The number of rotatable bonds is 3. The zero-order chi connectivity index (χ0) is 14.0. The van der Waals surface area contributed by atoms with Gasteiger partial charge in [-0.2, -0.15) is 0 Å². The molecule has 0 radical (unpaired) electrons. The molecule has 7 nitrogen and oxygen atoms in total. The summed E-state index contributed by atoms with van der Waals surface area (Å²) in [5, 5.41) is 47.1. The maximum absolute atomic E-state index is 9.75. The fourth-order valence-electron chi connectivity index (χ4n) is 1.82. The molecular weight excluding hydrogens is 256 g/mol. The molecule has 1 aliphatic rings. The summed E-state index contributed by atoms with van der Waals surface area (Å²) in [5.74, 6) is 0.364. The number of aliphatic hydroxyl groups is 4. The number of benzene rings is 1. The molecule has 0 amide bonds. The molecule has 0 spiro atoms. The zero-order valence-electron chi connectivity index (χ0n) is 9.96. The Morgan fingerprint density at radius 3 is 2.21 bits per heavy atom. The fraction of sp³-hybridized carbons (Fsp3) is 0.500. The standard InChI is InChI=1S/C12H16O7/c13-5-8-9(15)10(16)11(17)12(19-8)18-7-3-1-6(14)2-4-7/h1-4,8-17H,5H2/t8-,9+,10+,11-,12+/m0/s1. The number of phenols is 1. The lowest BCUT2D eigenvalue weighted by Gasteiger charge is -2.39. The van der Waals surface area contributed by atoms with E-state index in [9.17, 15) is 15.3 Å². The Labute approximate surface area is 109 Å². The maximum Gasteiger partial charge on any atom is 0.229 e. The van der Waals surface area contributed by atoms with Gasteiger partial charge in [-0.1, -0.05) is 0 Å². The maximum atomic E-state index is 9.75. The molecule has 7 heteroatoms. The minimum absolute atomic E-state index is 0.0566. The lowest BCUT2D eigenvalue weighted by molar-refractivity contribution is -0.277. The molecule has 1 aromatic carbocycles. The summed E-state index contributed by atoms with van der Waals surface area (Å²) in [4.78, 5) is 0. The normalized spacial score (nSPS) is 35.1. The van der Waals surface area contributed by atoms with E-state index in [1.165, 1.54) is 24.3 Å². The van der Waals surface area contributed by atoms with Gasteiger partial charge in [-0.3, -0.25) is 0 Å². The number of aliphatic hydroxyl groups excluding tert-OH is 4. The van der Waals surface area contributed by atoms with Crippen LogP contribution in [0.4, 0.5) is 0 Å². The first-order chi connectivity index (χ1) is 9.02. The third-order valence-corrected chi connectivity index (χ3v) is 2.94. The lowest BCUT2D eigenvalue weighted by atomic mass is 9.99. The minimum Gasteiger partial charge on any atom is -0.508 e. The number of phenolic OH excluding ortho intramolecular Hbond substituents is 1. The molecular formula is C12H16O7. The minimum atomic E-state index is -1.48. The van der Waals surface area contributed by atoms with E-state index in [1.807, 2.05) is 0 Å². The predicted molar refractivity (Wildman–Crippen MR) is 62.5 cm³/mol. The highest BCUT2D eigenvalue weighted by Gasteiger charge is 2.44. The lowest BCUT2D eigenvalue weighted by Crippen LogP contribution is -2.60. The molecule has 1 saturated heterocycles. The third-order valence-electron chi connectivity index (χ3n) is 2.94. The van der Waals surface area contributed by atoms with Crippen molar-refractivity contribution in [3.8, 4) is 11.5 Å². The molecule has 0 saturated carbocycles. The van der Waals surface area contributed by atoms with E-state index in [4.69, 9.17) is 19.7 Å². The van der Waals surface area contributed by atoms with Gasteiger partial charge in [0.15, 0.2) is 0 Å². The Hall–Kier alpha value is -1.38. The van der Waals surface area contributed by atoms with E-state index in [0.29, 0.717) is 5.75 Å². The van der Waals surface area contributed by atoms with E-state index in [0.717, 1.165) is 0 Å². The predicted octanol–water partition coefficient (Wildman–Crippen LogP) is -1.43. The summed E-state index contributed by atoms with van der Waals surface area (Å²) >= 11 is 0. The second kappa shape index (κ2) is 5.72. The fourth-order valence-corrected chi connectivity index (χ4v) is 1.82. The van der Waals surface area contributed by atoms with Gasteiger partial charge < -0.3 is 35.0 Å². The monoisotopic (exact) mass is 272 g/mol. The van der Waals surface area contributed by atoms with Gasteiger partial charge in [0.1, 0.15) is 35.9 Å². The average molecular weight is 272 g/mol. The van der Waals surface area contributed by atoms with Gasteiger partial charge in [0.2, 0.25) is 6.29 Å². The van der Waals surface area contributed by atoms with E-state index < -0.39 is 37.3 Å². The van der Waals surface area contributed by atoms with E-state index in [2.05, 4.69) is 0 Å². The Balaban J connectivity index is 2.08. The van der Waals surface area contributed by atoms with Crippen molar-refractivity contribution in [2.75, 3.05) is 6.61 Å². The average Bonchev–Trinajstić information content (AvgIpc) is 2.42. The van der Waals surface area contributed by atoms with Crippen molar-refractivity contribution in [2.24, 2.45) is 0 Å². The van der Waals surface area contributed by atoms with Crippen molar-refractivity contribution < 1.29 is 35.0 Å². The van der Waals surface area contributed by atoms with Crippen LogP contribution >= 0.6 is 0 Å². The highest BCUT2D eigenvalue weighted by molar-refractivity contribution is 5.30. The van der Waals surface area contributed by atoms with Gasteiger partial charge in [0.05, 0.1) is 6.61 Å². The van der Waals surface area contributed by atoms with Crippen LogP contribution in [0.3, 0.4) is 0 Å². The summed E-state index contributed by atoms with van der Waals surface area (Å²) in [6.07, 6.45) is -6.58. The number of hydrogen-bond acceptors (Lipinski definition) is 7. The van der Waals surface area contributed by atoms with Crippen LogP contribution in [0, 0.1) is 0 Å². The zero-order valence-corrected chi connectivity index (χ0v) is 9.96. The van der Waals surface area contributed by atoms with Crippen LogP contribution in [0.2, 0.25) is 0 Å². The van der Waals surface area contributed by atoms with Crippen molar-refractivity contribution in [1.29, 1.82) is 0 Å². The number of aromatic hydroxyl groups is 1. The van der Waals surface area contributed by atoms with Crippen molar-refractivity contribution in [1.82, 2.24) is 0 Å². The van der Waals surface area contributed by atoms with Gasteiger partial charge in [0.25, 0.3) is 0 Å². The molecule has 1 aromatic rings. The number of ether oxygens (including phenoxy) is 2. The Morgan fingerprint density at radius 2 is 1.63 bits per heavy atom. The third kappa shape index (κ3) is 2.96. The van der Waals surface area contributed by atoms with Crippen LogP contribution in [0.5, 0.6) is 11.5 Å². The van der Waals surface area contributed by atoms with Crippen molar-refractivity contribution in [3.05, 3.63) is 24.3 Å². The van der Waals surface area contributed by atoms with Gasteiger partial charge in [-0.25, -0.2) is 0 Å². The van der Waals surface area contributed by atoms with Crippen molar-refractivity contribution in [2.45, 2.75) is 30.7 Å². The largest absolute Gasteiger partial charge is 0.508 e. The summed E-state index contributed by atoms with van der Waals surface area (Å²) in [5.41, 5.74) is 0. The summed E-state index contributed by atoms with van der Waals surface area (Å²) in [7, 11) is 0. The second-order valence-corrected chi connectivity index (χ2v) is 4.31. The molecule has 2 rings (SSSR count). The molecule has 0 aromatic heterocycles. The van der Waals surface area contributed by atoms with Crippen LogP contribution < -0.4 is 4.74 Å². The molecule has 1 aliphatic heterocycles. The molecule has 0 bridgehead atoms. The van der Waals surface area contributed by atoms with Gasteiger partial charge in [-0.05, 0) is 24.3 Å². The molecule has 1 fully saturated rings. The van der Waals surface area contributed by atoms with Gasteiger partial charge in [0, 0.05) is 0 Å². The van der Waals surface area contributed by atoms with Crippen molar-refractivity contribution in [3.63, 3.8) is 0 Å². The van der Waals surface area contributed by atoms with Crippen LogP contribution in [0.25, 0.3) is 0 Å². The first kappa shape index (κ1) is 14.0. The van der Waals surface area contributed by atoms with Crippen LogP contribution in [-0.2, 0) is 4.74 Å². The first-order valence-corrected chi connectivity index (χ1v) is 5.79. The topological polar surface area (TPSA) is 120 Å². The van der Waals surface area contributed by atoms with Crippen molar-refractivity contribution >= 4 is 0 Å². The summed E-state index contributed by atoms with van der Waals surface area (Å²) in [6, 6.07) is 5.69. The molecule has 0 unspecified atom stereocenters. The SMILES string of the molecule is OC[C@@H]1O[C@@H](Oc2ccc(O)cc2)[C@@H](O)[C@H](O)[C@@H]1O. The molecule has 19 heavy (non-hydrogen) atoms. The molecule has 106 valence electrons. The molecule has 5 N–H and O–H groups in total. The smallest absolute Gasteiger partial charge is 0.229 e. The Morgan fingerprint density at radius 1 is 1.00 bits per heavy atom. The molecule has 5 atom stereocenters. The first-order valence-electron chi connectivity index (χ1n) is 5.79. The van der Waals surface area contributed by atoms with Crippen LogP contribution in [0.15, 0.2) is 24.3 Å². The Bertz CT molecular complexity index is 405. The molecule has 1 heterocycles. The highest BCUT2D eigenvalue weighted by atomic mass is 16.7. The van der Waals surface area contributed by atoms with E-state index in [-0.39, 0.29) is 5.75 Å². The van der Waals surface area contributed by atoms with Crippen LogP contribution in [-0.4, -0.2) is 62.8 Å². The van der Waals surface area contributed by atoms with Gasteiger partial charge in [-0.15, -0.1) is 0 Å². The van der Waals surface area contributed by atoms with E-state index in [1.54, 1.807) is 0 Å². The van der Waals surface area contributed by atoms with Gasteiger partial charge >= 0.3 is 0 Å². The highest BCUT2D eigenvalue weighted by Crippen LogP contribution is 2.25. The van der Waals surface area contributed by atoms with E-state index >= 15 is 0 Å². The summed E-state index contributed by atoms with van der Waals surface area (Å²) in [6.45, 7) is -0.514. The summed E-state index contributed by atoms with van der Waals surface area (Å²) < 4.78 is 10.5. The second-order valence-electron chi connectivity index (χ2n) is 4.31. The number of hydrogen-bond donors (Lipinski definition) is 5. The molecule has 0 aliphatic carbocycles. The Kier molecular flexibility index (Phi) is 4.23.